The first kappa shape index (κ1) is 16.1. The molecule has 1 saturated heterocycles. The second-order valence-electron chi connectivity index (χ2n) is 6.03. The molecule has 0 bridgehead atoms. The second kappa shape index (κ2) is 8.90. The molecule has 2 aliphatic rings. The van der Waals surface area contributed by atoms with Crippen LogP contribution in [0.3, 0.4) is 0 Å². The normalized spacial score (nSPS) is 21.5. The minimum Gasteiger partial charge on any atom is -0.354 e. The quantitative estimate of drug-likeness (QED) is 0.747. The number of carbonyl (C=O) groups excluding carboxylic acids is 1. The minimum absolute atomic E-state index is 0.202. The SMILES string of the molecule is CN(CCNC(=O)CSC1CCNCC1)C1CCCC1. The molecule has 4 nitrogen and oxygen atoms in total. The fourth-order valence-electron chi connectivity index (χ4n) is 3.11. The van der Waals surface area contributed by atoms with Crippen molar-refractivity contribution in [2.75, 3.05) is 39.0 Å². The first-order valence-corrected chi connectivity index (χ1v) is 9.10. The molecule has 2 rings (SSSR count). The summed E-state index contributed by atoms with van der Waals surface area (Å²) >= 11 is 1.82. The molecule has 0 atom stereocenters. The molecule has 1 aliphatic heterocycles. The molecule has 0 aromatic carbocycles. The van der Waals surface area contributed by atoms with E-state index in [1.165, 1.54) is 38.5 Å². The Labute approximate surface area is 127 Å². The van der Waals surface area contributed by atoms with Crippen LogP contribution in [-0.2, 0) is 4.79 Å². The van der Waals surface area contributed by atoms with Crippen molar-refractivity contribution in [2.24, 2.45) is 0 Å². The first-order valence-electron chi connectivity index (χ1n) is 8.05. The highest BCUT2D eigenvalue weighted by molar-refractivity contribution is 8.00. The largest absolute Gasteiger partial charge is 0.354 e. The van der Waals surface area contributed by atoms with Crippen molar-refractivity contribution >= 4 is 17.7 Å². The van der Waals surface area contributed by atoms with Crippen LogP contribution in [0.25, 0.3) is 0 Å². The van der Waals surface area contributed by atoms with Crippen LogP contribution in [0.1, 0.15) is 38.5 Å². The smallest absolute Gasteiger partial charge is 0.230 e. The molecular weight excluding hydrogens is 270 g/mol. The van der Waals surface area contributed by atoms with Crippen LogP contribution in [0.4, 0.5) is 0 Å². The van der Waals surface area contributed by atoms with Gasteiger partial charge in [-0.15, -0.1) is 11.8 Å². The van der Waals surface area contributed by atoms with Gasteiger partial charge in [-0.1, -0.05) is 12.8 Å². The third-order valence-corrected chi connectivity index (χ3v) is 5.84. The summed E-state index contributed by atoms with van der Waals surface area (Å²) in [7, 11) is 2.19. The molecule has 0 spiro atoms. The molecule has 0 radical (unpaired) electrons. The van der Waals surface area contributed by atoms with Gasteiger partial charge in [-0.3, -0.25) is 4.79 Å². The summed E-state index contributed by atoms with van der Waals surface area (Å²) in [6, 6.07) is 0.746. The Morgan fingerprint density at radius 3 is 2.65 bits per heavy atom. The average molecular weight is 299 g/mol. The van der Waals surface area contributed by atoms with Crippen molar-refractivity contribution in [3.8, 4) is 0 Å². The summed E-state index contributed by atoms with van der Waals surface area (Å²) in [6.07, 6.45) is 7.79. The van der Waals surface area contributed by atoms with E-state index < -0.39 is 0 Å². The maximum absolute atomic E-state index is 11.8. The van der Waals surface area contributed by atoms with E-state index in [1.807, 2.05) is 11.8 Å². The van der Waals surface area contributed by atoms with Gasteiger partial charge in [0, 0.05) is 24.4 Å². The molecule has 116 valence electrons. The number of amides is 1. The lowest BCUT2D eigenvalue weighted by atomic mass is 10.2. The molecule has 0 aromatic heterocycles. The van der Waals surface area contributed by atoms with E-state index in [-0.39, 0.29) is 5.91 Å². The van der Waals surface area contributed by atoms with Gasteiger partial charge in [-0.05, 0) is 45.8 Å². The molecule has 2 N–H and O–H groups in total. The Morgan fingerprint density at radius 2 is 1.95 bits per heavy atom. The number of rotatable bonds is 7. The molecule has 0 aromatic rings. The standard InChI is InChI=1S/C15H29N3OS/c1-18(13-4-2-3-5-13)11-10-17-15(19)12-20-14-6-8-16-9-7-14/h13-14,16H,2-12H2,1H3,(H,17,19). The van der Waals surface area contributed by atoms with Crippen LogP contribution in [0.5, 0.6) is 0 Å². The lowest BCUT2D eigenvalue weighted by Gasteiger charge is -2.24. The van der Waals surface area contributed by atoms with Crippen LogP contribution in [0, 0.1) is 0 Å². The van der Waals surface area contributed by atoms with E-state index in [0.717, 1.165) is 32.2 Å². The van der Waals surface area contributed by atoms with E-state index in [2.05, 4.69) is 22.6 Å². The molecule has 1 heterocycles. The van der Waals surface area contributed by atoms with E-state index >= 15 is 0 Å². The third kappa shape index (κ3) is 5.62. The zero-order valence-electron chi connectivity index (χ0n) is 12.7. The Balaban J connectivity index is 1.51. The fraction of sp³-hybridized carbons (Fsp3) is 0.933. The van der Waals surface area contributed by atoms with Crippen molar-refractivity contribution in [1.29, 1.82) is 0 Å². The zero-order chi connectivity index (χ0) is 14.2. The minimum atomic E-state index is 0.202. The third-order valence-electron chi connectivity index (χ3n) is 4.47. The lowest BCUT2D eigenvalue weighted by Crippen LogP contribution is -2.38. The van der Waals surface area contributed by atoms with Crippen LogP contribution >= 0.6 is 11.8 Å². The topological polar surface area (TPSA) is 44.4 Å². The van der Waals surface area contributed by atoms with E-state index in [4.69, 9.17) is 0 Å². The molecular formula is C15H29N3OS. The highest BCUT2D eigenvalue weighted by Gasteiger charge is 2.19. The number of carbonyl (C=O) groups is 1. The second-order valence-corrected chi connectivity index (χ2v) is 7.32. The lowest BCUT2D eigenvalue weighted by molar-refractivity contribution is -0.118. The number of nitrogens with zero attached hydrogens (tertiary/aromatic N) is 1. The van der Waals surface area contributed by atoms with Gasteiger partial charge in [0.1, 0.15) is 0 Å². The summed E-state index contributed by atoms with van der Waals surface area (Å²) < 4.78 is 0. The molecule has 1 amide bonds. The molecule has 5 heteroatoms. The van der Waals surface area contributed by atoms with Gasteiger partial charge in [0.2, 0.25) is 5.91 Å². The fourth-order valence-corrected chi connectivity index (χ4v) is 4.16. The first-order chi connectivity index (χ1) is 9.75. The van der Waals surface area contributed by atoms with Crippen molar-refractivity contribution < 1.29 is 4.79 Å². The highest BCUT2D eigenvalue weighted by atomic mass is 32.2. The Kier molecular flexibility index (Phi) is 7.17. The summed E-state index contributed by atoms with van der Waals surface area (Å²) in [4.78, 5) is 14.2. The van der Waals surface area contributed by atoms with Crippen molar-refractivity contribution in [2.45, 2.75) is 49.8 Å². The number of nitrogens with one attached hydrogen (secondary N) is 2. The number of hydrogen-bond acceptors (Lipinski definition) is 4. The Hall–Kier alpha value is -0.260. The van der Waals surface area contributed by atoms with Gasteiger partial charge in [-0.25, -0.2) is 0 Å². The van der Waals surface area contributed by atoms with Crippen molar-refractivity contribution in [3.63, 3.8) is 0 Å². The van der Waals surface area contributed by atoms with Crippen molar-refractivity contribution in [1.82, 2.24) is 15.5 Å². The molecule has 0 unspecified atom stereocenters. The molecule has 2 fully saturated rings. The van der Waals surface area contributed by atoms with Gasteiger partial charge < -0.3 is 15.5 Å². The Morgan fingerprint density at radius 1 is 1.25 bits per heavy atom. The summed E-state index contributed by atoms with van der Waals surface area (Å²) in [5.41, 5.74) is 0. The molecule has 1 saturated carbocycles. The predicted molar refractivity (Wildman–Crippen MR) is 86.2 cm³/mol. The predicted octanol–water partition coefficient (Wildman–Crippen LogP) is 1.46. The van der Waals surface area contributed by atoms with E-state index in [0.29, 0.717) is 11.0 Å². The summed E-state index contributed by atoms with van der Waals surface area (Å²) in [5.74, 6) is 0.825. The number of hydrogen-bond donors (Lipinski definition) is 2. The van der Waals surface area contributed by atoms with Gasteiger partial charge >= 0.3 is 0 Å². The van der Waals surface area contributed by atoms with Crippen molar-refractivity contribution in [3.05, 3.63) is 0 Å². The average Bonchev–Trinajstić information content (AvgIpc) is 3.00. The number of thioether (sulfide) groups is 1. The van der Waals surface area contributed by atoms with E-state index in [1.54, 1.807) is 0 Å². The number of piperidine rings is 1. The number of likely N-dealkylation sites (N-methyl/N-ethyl adjacent to an activating group) is 1. The summed E-state index contributed by atoms with van der Waals surface area (Å²) in [5, 5.41) is 7.09. The van der Waals surface area contributed by atoms with Gasteiger partial charge in [0.15, 0.2) is 0 Å². The monoisotopic (exact) mass is 299 g/mol. The molecule has 20 heavy (non-hydrogen) atoms. The maximum Gasteiger partial charge on any atom is 0.230 e. The van der Waals surface area contributed by atoms with Gasteiger partial charge in [0.05, 0.1) is 5.75 Å². The zero-order valence-corrected chi connectivity index (χ0v) is 13.5. The maximum atomic E-state index is 11.8. The van der Waals surface area contributed by atoms with Crippen LogP contribution in [-0.4, -0.2) is 61.1 Å². The highest BCUT2D eigenvalue weighted by Crippen LogP contribution is 2.22. The summed E-state index contributed by atoms with van der Waals surface area (Å²) in [6.45, 7) is 3.98. The van der Waals surface area contributed by atoms with Crippen LogP contribution in [0.2, 0.25) is 0 Å². The van der Waals surface area contributed by atoms with Gasteiger partial charge in [-0.2, -0.15) is 0 Å². The van der Waals surface area contributed by atoms with Crippen LogP contribution in [0.15, 0.2) is 0 Å². The van der Waals surface area contributed by atoms with Gasteiger partial charge in [0.25, 0.3) is 0 Å². The van der Waals surface area contributed by atoms with Crippen LogP contribution < -0.4 is 10.6 Å². The Bertz CT molecular complexity index is 289. The molecule has 1 aliphatic carbocycles. The van der Waals surface area contributed by atoms with E-state index in [9.17, 15) is 4.79 Å².